The van der Waals surface area contributed by atoms with Crippen molar-refractivity contribution < 1.29 is 23.1 Å². The Kier molecular flexibility index (Phi) is 4.16. The van der Waals surface area contributed by atoms with Gasteiger partial charge < -0.3 is 10.8 Å². The molecule has 0 aromatic heterocycles. The fourth-order valence-corrected chi connectivity index (χ4v) is 3.16. The summed E-state index contributed by atoms with van der Waals surface area (Å²) in [4.78, 5) is 11.8. The predicted molar refractivity (Wildman–Crippen MR) is 72.9 cm³/mol. The van der Waals surface area contributed by atoms with Crippen LogP contribution in [-0.4, -0.2) is 11.1 Å². The molecule has 0 saturated heterocycles. The highest BCUT2D eigenvalue weighted by molar-refractivity contribution is 5.84. The number of benzene rings is 1. The summed E-state index contributed by atoms with van der Waals surface area (Å²) in [5.74, 6) is -1.09. The molecule has 0 unspecified atom stereocenters. The standard InChI is InChI=1S/C15H18F3NO2/c16-15(17,18)11-7-5-6-10(12(11)19)14(13(20)21)8-3-1-2-4-9-14/h5-7H,1-4,8-9,19H2,(H,20,21). The molecular weight excluding hydrogens is 283 g/mol. The third-order valence-electron chi connectivity index (χ3n) is 4.29. The SMILES string of the molecule is Nc1c(C(F)(F)F)cccc1C1(C(=O)O)CCCCCC1. The van der Waals surface area contributed by atoms with Crippen LogP contribution >= 0.6 is 0 Å². The van der Waals surface area contributed by atoms with Crippen molar-refractivity contribution in [2.45, 2.75) is 50.1 Å². The molecule has 3 N–H and O–H groups in total. The molecule has 2 rings (SSSR count). The van der Waals surface area contributed by atoms with Gasteiger partial charge in [0.05, 0.1) is 11.0 Å². The third kappa shape index (κ3) is 2.84. The van der Waals surface area contributed by atoms with E-state index in [-0.39, 0.29) is 5.56 Å². The largest absolute Gasteiger partial charge is 0.481 e. The van der Waals surface area contributed by atoms with E-state index < -0.39 is 28.8 Å². The van der Waals surface area contributed by atoms with Crippen molar-refractivity contribution in [3.8, 4) is 0 Å². The smallest absolute Gasteiger partial charge is 0.418 e. The van der Waals surface area contributed by atoms with Gasteiger partial charge in [-0.15, -0.1) is 0 Å². The topological polar surface area (TPSA) is 63.3 Å². The maximum atomic E-state index is 13.0. The van der Waals surface area contributed by atoms with Crippen LogP contribution in [0.5, 0.6) is 0 Å². The number of anilines is 1. The number of carboxylic acid groups (broad SMARTS) is 1. The first-order chi connectivity index (χ1) is 9.79. The fraction of sp³-hybridized carbons (Fsp3) is 0.533. The van der Waals surface area contributed by atoms with Crippen LogP contribution in [0.25, 0.3) is 0 Å². The highest BCUT2D eigenvalue weighted by atomic mass is 19.4. The Bertz CT molecular complexity index is 532. The molecule has 0 atom stereocenters. The number of hydrogen-bond donors (Lipinski definition) is 2. The van der Waals surface area contributed by atoms with E-state index in [4.69, 9.17) is 5.73 Å². The molecule has 1 aromatic rings. The van der Waals surface area contributed by atoms with Crippen LogP contribution in [0.4, 0.5) is 18.9 Å². The number of nitrogen functional groups attached to an aromatic ring is 1. The molecule has 0 amide bonds. The summed E-state index contributed by atoms with van der Waals surface area (Å²) in [6.07, 6.45) is -0.766. The molecule has 0 radical (unpaired) electrons. The molecule has 1 aliphatic rings. The van der Waals surface area contributed by atoms with Crippen molar-refractivity contribution >= 4 is 11.7 Å². The second kappa shape index (κ2) is 5.58. The van der Waals surface area contributed by atoms with Gasteiger partial charge in [0, 0.05) is 5.69 Å². The quantitative estimate of drug-likeness (QED) is 0.642. The molecule has 3 nitrogen and oxygen atoms in total. The molecule has 0 bridgehead atoms. The van der Waals surface area contributed by atoms with Crippen LogP contribution in [0.2, 0.25) is 0 Å². The highest BCUT2D eigenvalue weighted by Gasteiger charge is 2.44. The number of aliphatic carboxylic acids is 1. The molecule has 116 valence electrons. The molecule has 6 heteroatoms. The molecule has 1 saturated carbocycles. The van der Waals surface area contributed by atoms with Gasteiger partial charge in [-0.25, -0.2) is 0 Å². The molecule has 1 fully saturated rings. The Hall–Kier alpha value is -1.72. The predicted octanol–water partition coefficient (Wildman–Crippen LogP) is 3.96. The number of rotatable bonds is 2. The van der Waals surface area contributed by atoms with Crippen LogP contribution in [0.15, 0.2) is 18.2 Å². The van der Waals surface area contributed by atoms with E-state index in [0.29, 0.717) is 25.7 Å². The van der Waals surface area contributed by atoms with Gasteiger partial charge in [0.2, 0.25) is 0 Å². The van der Waals surface area contributed by atoms with Gasteiger partial charge in [-0.1, -0.05) is 37.8 Å². The molecule has 0 heterocycles. The normalized spacial score (nSPS) is 19.0. The van der Waals surface area contributed by atoms with E-state index in [9.17, 15) is 23.1 Å². The number of carboxylic acids is 1. The first-order valence-corrected chi connectivity index (χ1v) is 6.98. The van der Waals surface area contributed by atoms with Crippen molar-refractivity contribution in [1.82, 2.24) is 0 Å². The zero-order chi connectivity index (χ0) is 15.7. The van der Waals surface area contributed by atoms with Crippen molar-refractivity contribution in [2.24, 2.45) is 0 Å². The van der Waals surface area contributed by atoms with E-state index in [1.165, 1.54) is 12.1 Å². The van der Waals surface area contributed by atoms with E-state index in [1.54, 1.807) is 0 Å². The summed E-state index contributed by atoms with van der Waals surface area (Å²) in [6.45, 7) is 0. The molecule has 1 aromatic carbocycles. The van der Waals surface area contributed by atoms with Crippen LogP contribution in [-0.2, 0) is 16.4 Å². The van der Waals surface area contributed by atoms with Gasteiger partial charge in [0.25, 0.3) is 0 Å². The minimum absolute atomic E-state index is 0.103. The van der Waals surface area contributed by atoms with E-state index in [1.807, 2.05) is 0 Å². The number of nitrogens with two attached hydrogens (primary N) is 1. The lowest BCUT2D eigenvalue weighted by Gasteiger charge is -2.30. The Labute approximate surface area is 121 Å². The van der Waals surface area contributed by atoms with Crippen LogP contribution in [0.3, 0.4) is 0 Å². The van der Waals surface area contributed by atoms with E-state index in [2.05, 4.69) is 0 Å². The van der Waals surface area contributed by atoms with Crippen molar-refractivity contribution in [2.75, 3.05) is 5.73 Å². The van der Waals surface area contributed by atoms with Gasteiger partial charge in [-0.05, 0) is 24.5 Å². The minimum Gasteiger partial charge on any atom is -0.481 e. The summed E-state index contributed by atoms with van der Waals surface area (Å²) in [5.41, 5.74) is 3.09. The summed E-state index contributed by atoms with van der Waals surface area (Å²) >= 11 is 0. The zero-order valence-electron chi connectivity index (χ0n) is 11.5. The summed E-state index contributed by atoms with van der Waals surface area (Å²) in [6, 6.07) is 3.55. The monoisotopic (exact) mass is 301 g/mol. The summed E-state index contributed by atoms with van der Waals surface area (Å²) < 4.78 is 38.9. The number of para-hydroxylation sites is 1. The van der Waals surface area contributed by atoms with Crippen LogP contribution < -0.4 is 5.73 Å². The maximum Gasteiger partial charge on any atom is 0.418 e. The lowest BCUT2D eigenvalue weighted by atomic mass is 9.73. The Balaban J connectivity index is 2.58. The minimum atomic E-state index is -4.58. The van der Waals surface area contributed by atoms with Gasteiger partial charge in [-0.2, -0.15) is 13.2 Å². The second-order valence-electron chi connectivity index (χ2n) is 5.57. The molecule has 0 spiro atoms. The van der Waals surface area contributed by atoms with E-state index in [0.717, 1.165) is 18.9 Å². The van der Waals surface area contributed by atoms with Gasteiger partial charge in [0.15, 0.2) is 0 Å². The highest BCUT2D eigenvalue weighted by Crippen LogP contribution is 2.44. The summed E-state index contributed by atoms with van der Waals surface area (Å²) in [7, 11) is 0. The van der Waals surface area contributed by atoms with Gasteiger partial charge in [-0.3, -0.25) is 4.79 Å². The average molecular weight is 301 g/mol. The summed E-state index contributed by atoms with van der Waals surface area (Å²) in [5, 5.41) is 9.65. The Morgan fingerprint density at radius 2 is 1.71 bits per heavy atom. The van der Waals surface area contributed by atoms with Gasteiger partial charge >= 0.3 is 12.1 Å². The first kappa shape index (κ1) is 15.7. The number of halogens is 3. The van der Waals surface area contributed by atoms with Gasteiger partial charge in [0.1, 0.15) is 0 Å². The number of carbonyl (C=O) groups is 1. The van der Waals surface area contributed by atoms with Crippen LogP contribution in [0.1, 0.15) is 49.7 Å². The first-order valence-electron chi connectivity index (χ1n) is 6.98. The van der Waals surface area contributed by atoms with Crippen molar-refractivity contribution in [3.05, 3.63) is 29.3 Å². The number of hydrogen-bond acceptors (Lipinski definition) is 2. The number of alkyl halides is 3. The molecule has 0 aliphatic heterocycles. The Morgan fingerprint density at radius 1 is 1.14 bits per heavy atom. The lowest BCUT2D eigenvalue weighted by Crippen LogP contribution is -2.36. The Morgan fingerprint density at radius 3 is 2.19 bits per heavy atom. The van der Waals surface area contributed by atoms with Crippen molar-refractivity contribution in [3.63, 3.8) is 0 Å². The van der Waals surface area contributed by atoms with Crippen molar-refractivity contribution in [1.29, 1.82) is 0 Å². The van der Waals surface area contributed by atoms with Crippen LogP contribution in [0, 0.1) is 0 Å². The van der Waals surface area contributed by atoms with E-state index >= 15 is 0 Å². The second-order valence-corrected chi connectivity index (χ2v) is 5.57. The third-order valence-corrected chi connectivity index (χ3v) is 4.29. The fourth-order valence-electron chi connectivity index (χ4n) is 3.16. The average Bonchev–Trinajstić information content (AvgIpc) is 2.64. The molecular formula is C15H18F3NO2. The zero-order valence-corrected chi connectivity index (χ0v) is 11.5. The maximum absolute atomic E-state index is 13.0. The molecule has 1 aliphatic carbocycles. The lowest BCUT2D eigenvalue weighted by molar-refractivity contribution is -0.145. The molecule has 21 heavy (non-hydrogen) atoms.